The fraction of sp³-hybridized carbons (Fsp3) is 0.250. The molecule has 0 saturated carbocycles. The number of para-hydroxylation sites is 1. The molecule has 0 aromatic heterocycles. The van der Waals surface area contributed by atoms with Gasteiger partial charge in [0.05, 0.1) is 6.61 Å². The van der Waals surface area contributed by atoms with Gasteiger partial charge in [-0.05, 0) is 43.2 Å². The molecule has 0 saturated heterocycles. The first-order valence-corrected chi connectivity index (χ1v) is 6.62. The van der Waals surface area contributed by atoms with E-state index in [1.807, 2.05) is 30.3 Å². The van der Waals surface area contributed by atoms with Crippen LogP contribution in [0.4, 0.5) is 14.5 Å². The molecule has 0 fully saturated rings. The monoisotopic (exact) mass is 277 g/mol. The number of benzene rings is 2. The number of anilines is 1. The molecule has 106 valence electrons. The highest BCUT2D eigenvalue weighted by Gasteiger charge is 2.01. The molecule has 0 amide bonds. The molecule has 0 bridgehead atoms. The minimum atomic E-state index is -0.831. The third-order valence-corrected chi connectivity index (χ3v) is 2.83. The van der Waals surface area contributed by atoms with Gasteiger partial charge < -0.3 is 10.1 Å². The minimum absolute atomic E-state index is 0.591. The van der Waals surface area contributed by atoms with E-state index in [1.165, 1.54) is 6.07 Å². The zero-order valence-electron chi connectivity index (χ0n) is 11.1. The fourth-order valence-corrected chi connectivity index (χ4v) is 1.77. The Kier molecular flexibility index (Phi) is 5.35. The summed E-state index contributed by atoms with van der Waals surface area (Å²) in [6, 6.07) is 13.4. The lowest BCUT2D eigenvalue weighted by atomic mass is 10.2. The lowest BCUT2D eigenvalue weighted by molar-refractivity contribution is 0.308. The topological polar surface area (TPSA) is 21.3 Å². The Labute approximate surface area is 117 Å². The van der Waals surface area contributed by atoms with Crippen molar-refractivity contribution in [1.82, 2.24) is 0 Å². The maximum atomic E-state index is 13.0. The fourth-order valence-electron chi connectivity index (χ4n) is 1.77. The number of hydrogen-bond donors (Lipinski definition) is 1. The van der Waals surface area contributed by atoms with Crippen LogP contribution in [0.1, 0.15) is 12.8 Å². The molecule has 4 heteroatoms. The second-order valence-corrected chi connectivity index (χ2v) is 4.42. The summed E-state index contributed by atoms with van der Waals surface area (Å²) in [5.41, 5.74) is 0.591. The summed E-state index contributed by atoms with van der Waals surface area (Å²) in [6.45, 7) is 1.34. The molecule has 0 heterocycles. The highest BCUT2D eigenvalue weighted by atomic mass is 19.2. The lowest BCUT2D eigenvalue weighted by Gasteiger charge is -2.08. The minimum Gasteiger partial charge on any atom is -0.494 e. The van der Waals surface area contributed by atoms with Crippen LogP contribution in [0.5, 0.6) is 5.75 Å². The van der Waals surface area contributed by atoms with Crippen molar-refractivity contribution in [3.63, 3.8) is 0 Å². The second-order valence-electron chi connectivity index (χ2n) is 4.42. The number of unbranched alkanes of at least 4 members (excludes halogenated alkanes) is 1. The van der Waals surface area contributed by atoms with Gasteiger partial charge >= 0.3 is 0 Å². The van der Waals surface area contributed by atoms with E-state index in [9.17, 15) is 8.78 Å². The van der Waals surface area contributed by atoms with Gasteiger partial charge in [-0.3, -0.25) is 0 Å². The van der Waals surface area contributed by atoms with Gasteiger partial charge in [0.2, 0.25) is 0 Å². The SMILES string of the molecule is Fc1ccc(NCCCCOc2ccccc2)cc1F. The van der Waals surface area contributed by atoms with E-state index < -0.39 is 11.6 Å². The predicted octanol–water partition coefficient (Wildman–Crippen LogP) is 4.24. The van der Waals surface area contributed by atoms with Crippen LogP contribution in [0.15, 0.2) is 48.5 Å². The summed E-state index contributed by atoms with van der Waals surface area (Å²) in [4.78, 5) is 0. The lowest BCUT2D eigenvalue weighted by Crippen LogP contribution is -2.05. The average Bonchev–Trinajstić information content (AvgIpc) is 2.47. The van der Waals surface area contributed by atoms with E-state index in [0.29, 0.717) is 18.8 Å². The number of ether oxygens (including phenoxy) is 1. The molecule has 20 heavy (non-hydrogen) atoms. The van der Waals surface area contributed by atoms with Crippen molar-refractivity contribution >= 4 is 5.69 Å². The number of rotatable bonds is 7. The molecule has 0 radical (unpaired) electrons. The van der Waals surface area contributed by atoms with Gasteiger partial charge in [0, 0.05) is 12.2 Å². The molecule has 1 N–H and O–H groups in total. The predicted molar refractivity (Wildman–Crippen MR) is 76.0 cm³/mol. The van der Waals surface area contributed by atoms with E-state index in [2.05, 4.69) is 5.32 Å². The van der Waals surface area contributed by atoms with Crippen LogP contribution in [0.25, 0.3) is 0 Å². The van der Waals surface area contributed by atoms with Gasteiger partial charge in [-0.2, -0.15) is 0 Å². The average molecular weight is 277 g/mol. The van der Waals surface area contributed by atoms with E-state index >= 15 is 0 Å². The van der Waals surface area contributed by atoms with Crippen LogP contribution in [-0.2, 0) is 0 Å². The van der Waals surface area contributed by atoms with Crippen molar-refractivity contribution in [1.29, 1.82) is 0 Å². The van der Waals surface area contributed by atoms with Crippen LogP contribution in [0.2, 0.25) is 0 Å². The normalized spacial score (nSPS) is 10.3. The molecule has 0 atom stereocenters. The van der Waals surface area contributed by atoms with E-state index in [-0.39, 0.29) is 0 Å². The summed E-state index contributed by atoms with van der Waals surface area (Å²) in [7, 11) is 0. The Hall–Kier alpha value is -2.10. The van der Waals surface area contributed by atoms with E-state index in [4.69, 9.17) is 4.74 Å². The zero-order chi connectivity index (χ0) is 14.2. The van der Waals surface area contributed by atoms with Crippen LogP contribution in [-0.4, -0.2) is 13.2 Å². The Morgan fingerprint density at radius 2 is 1.70 bits per heavy atom. The maximum Gasteiger partial charge on any atom is 0.160 e. The Balaban J connectivity index is 1.61. The van der Waals surface area contributed by atoms with Crippen molar-refractivity contribution in [3.8, 4) is 5.75 Å². The highest BCUT2D eigenvalue weighted by Crippen LogP contribution is 2.13. The smallest absolute Gasteiger partial charge is 0.160 e. The van der Waals surface area contributed by atoms with Gasteiger partial charge in [-0.25, -0.2) is 8.78 Å². The summed E-state index contributed by atoms with van der Waals surface area (Å²) in [5.74, 6) is -0.796. The van der Waals surface area contributed by atoms with Gasteiger partial charge in [-0.15, -0.1) is 0 Å². The molecule has 0 aliphatic carbocycles. The van der Waals surface area contributed by atoms with Crippen molar-refractivity contribution in [2.75, 3.05) is 18.5 Å². The number of halogens is 2. The van der Waals surface area contributed by atoms with Crippen molar-refractivity contribution < 1.29 is 13.5 Å². The van der Waals surface area contributed by atoms with Crippen molar-refractivity contribution in [2.45, 2.75) is 12.8 Å². The standard InChI is InChI=1S/C16H17F2NO/c17-15-9-8-13(12-16(15)18)19-10-4-5-11-20-14-6-2-1-3-7-14/h1-3,6-9,12,19H,4-5,10-11H2. The van der Waals surface area contributed by atoms with E-state index in [0.717, 1.165) is 30.7 Å². The molecule has 2 aromatic rings. The molecule has 2 aromatic carbocycles. The van der Waals surface area contributed by atoms with Crippen LogP contribution in [0, 0.1) is 11.6 Å². The summed E-state index contributed by atoms with van der Waals surface area (Å²) < 4.78 is 31.2. The van der Waals surface area contributed by atoms with E-state index in [1.54, 1.807) is 0 Å². The molecule has 0 spiro atoms. The highest BCUT2D eigenvalue weighted by molar-refractivity contribution is 5.43. The summed E-state index contributed by atoms with van der Waals surface area (Å²) in [6.07, 6.45) is 1.79. The second kappa shape index (κ2) is 7.48. The van der Waals surface area contributed by atoms with Gasteiger partial charge in [0.1, 0.15) is 5.75 Å². The van der Waals surface area contributed by atoms with Crippen molar-refractivity contribution in [3.05, 3.63) is 60.2 Å². The van der Waals surface area contributed by atoms with Crippen molar-refractivity contribution in [2.24, 2.45) is 0 Å². The molecule has 2 rings (SSSR count). The molecule has 0 unspecified atom stereocenters. The molecule has 2 nitrogen and oxygen atoms in total. The Morgan fingerprint density at radius 1 is 0.900 bits per heavy atom. The molecular formula is C16H17F2NO. The zero-order valence-corrected chi connectivity index (χ0v) is 11.1. The first kappa shape index (κ1) is 14.3. The molecule has 0 aliphatic rings. The quantitative estimate of drug-likeness (QED) is 0.764. The maximum absolute atomic E-state index is 13.0. The summed E-state index contributed by atoms with van der Waals surface area (Å²) in [5, 5.41) is 3.05. The molecular weight excluding hydrogens is 260 g/mol. The van der Waals surface area contributed by atoms with Gasteiger partial charge in [0.25, 0.3) is 0 Å². The number of hydrogen-bond acceptors (Lipinski definition) is 2. The van der Waals surface area contributed by atoms with Crippen LogP contribution in [0.3, 0.4) is 0 Å². The number of nitrogens with one attached hydrogen (secondary N) is 1. The van der Waals surface area contributed by atoms with Crippen LogP contribution >= 0.6 is 0 Å². The Morgan fingerprint density at radius 3 is 2.45 bits per heavy atom. The summed E-state index contributed by atoms with van der Waals surface area (Å²) >= 11 is 0. The molecule has 0 aliphatic heterocycles. The first-order chi connectivity index (χ1) is 9.75. The van der Waals surface area contributed by atoms with Gasteiger partial charge in [-0.1, -0.05) is 18.2 Å². The van der Waals surface area contributed by atoms with Crippen LogP contribution < -0.4 is 10.1 Å². The third-order valence-electron chi connectivity index (χ3n) is 2.83. The van der Waals surface area contributed by atoms with Gasteiger partial charge in [0.15, 0.2) is 11.6 Å². The Bertz CT molecular complexity index is 531. The third kappa shape index (κ3) is 4.53. The first-order valence-electron chi connectivity index (χ1n) is 6.62. The largest absolute Gasteiger partial charge is 0.494 e.